The number of hydrogen-bond donors (Lipinski definition) is 1. The average Bonchev–Trinajstić information content (AvgIpc) is 2.63. The molecule has 1 N–H and O–H groups in total. The van der Waals surface area contributed by atoms with Crippen molar-refractivity contribution in [2.45, 2.75) is 0 Å². The summed E-state index contributed by atoms with van der Waals surface area (Å²) in [6.45, 7) is 0. The summed E-state index contributed by atoms with van der Waals surface area (Å²) in [5, 5.41) is 3.67. The number of amides is 1. The zero-order valence-electron chi connectivity index (χ0n) is 13.3. The number of fused-ring (bicyclic) bond motifs is 2. The zero-order valence-corrected chi connectivity index (χ0v) is 14.0. The van der Waals surface area contributed by atoms with Gasteiger partial charge in [0, 0.05) is 11.8 Å². The maximum absolute atomic E-state index is 13.7. The Morgan fingerprint density at radius 3 is 2.62 bits per heavy atom. The number of nitrogens with one attached hydrogen (secondary N) is 1. The summed E-state index contributed by atoms with van der Waals surface area (Å²) < 4.78 is 19.5. The molecule has 1 aromatic heterocycles. The molecule has 0 atom stereocenters. The van der Waals surface area contributed by atoms with Crippen molar-refractivity contribution in [1.29, 1.82) is 0 Å². The van der Waals surface area contributed by atoms with Crippen molar-refractivity contribution in [2.24, 2.45) is 0 Å². The number of hydrogen-bond acceptors (Lipinski definition) is 3. The van der Waals surface area contributed by atoms with Crippen molar-refractivity contribution in [3.63, 3.8) is 0 Å². The number of benzene rings is 3. The van der Waals surface area contributed by atoms with E-state index >= 15 is 0 Å². The summed E-state index contributed by atoms with van der Waals surface area (Å²) >= 11 is 6.11. The van der Waals surface area contributed by atoms with Crippen LogP contribution in [-0.2, 0) is 0 Å². The van der Waals surface area contributed by atoms with Crippen molar-refractivity contribution < 1.29 is 13.6 Å². The molecule has 0 unspecified atom stereocenters. The molecule has 1 amide bonds. The Morgan fingerprint density at radius 1 is 1.00 bits per heavy atom. The zero-order chi connectivity index (χ0) is 18.3. The first kappa shape index (κ1) is 16.3. The van der Waals surface area contributed by atoms with Gasteiger partial charge in [-0.05, 0) is 36.4 Å². The van der Waals surface area contributed by atoms with Gasteiger partial charge in [-0.2, -0.15) is 0 Å². The second-order valence-electron chi connectivity index (χ2n) is 5.69. The van der Waals surface area contributed by atoms with Crippen molar-refractivity contribution in [2.75, 3.05) is 5.32 Å². The lowest BCUT2D eigenvalue weighted by molar-refractivity contribution is 0.102. The van der Waals surface area contributed by atoms with Crippen LogP contribution in [0.3, 0.4) is 0 Å². The summed E-state index contributed by atoms with van der Waals surface area (Å²) in [6.07, 6.45) is 0. The lowest BCUT2D eigenvalue weighted by Gasteiger charge is -2.08. The number of carbonyl (C=O) groups excluding carboxylic acids is 1. The Hall–Kier alpha value is -3.18. The summed E-state index contributed by atoms with van der Waals surface area (Å²) in [6, 6.07) is 15.3. The van der Waals surface area contributed by atoms with E-state index in [1.165, 1.54) is 24.3 Å². The van der Waals surface area contributed by atoms with E-state index < -0.39 is 11.7 Å². The Bertz CT molecular complexity index is 1230. The molecule has 0 aliphatic rings. The van der Waals surface area contributed by atoms with E-state index in [9.17, 15) is 14.0 Å². The predicted molar refractivity (Wildman–Crippen MR) is 99.4 cm³/mol. The van der Waals surface area contributed by atoms with Gasteiger partial charge in [-0.1, -0.05) is 29.8 Å². The number of halogens is 2. The molecule has 0 saturated heterocycles. The Labute approximate surface area is 151 Å². The fourth-order valence-corrected chi connectivity index (χ4v) is 2.98. The SMILES string of the molecule is O=C(Nc1ccc2c(=O)c3cccc(Cl)c3oc2c1)c1ccccc1F. The fraction of sp³-hybridized carbons (Fsp3) is 0. The number of anilines is 1. The van der Waals surface area contributed by atoms with Crippen molar-refractivity contribution in [3.8, 4) is 0 Å². The first-order valence-electron chi connectivity index (χ1n) is 7.75. The minimum absolute atomic E-state index is 0.0735. The molecule has 0 saturated carbocycles. The molecule has 3 aromatic carbocycles. The topological polar surface area (TPSA) is 59.3 Å². The van der Waals surface area contributed by atoms with E-state index in [1.54, 1.807) is 36.4 Å². The highest BCUT2D eigenvalue weighted by Gasteiger charge is 2.13. The molecule has 26 heavy (non-hydrogen) atoms. The molecule has 4 rings (SSSR count). The minimum atomic E-state index is -0.616. The molecular weight excluding hydrogens is 357 g/mol. The van der Waals surface area contributed by atoms with Crippen LogP contribution < -0.4 is 10.7 Å². The number of para-hydroxylation sites is 1. The van der Waals surface area contributed by atoms with Gasteiger partial charge in [0.05, 0.1) is 21.4 Å². The highest BCUT2D eigenvalue weighted by molar-refractivity contribution is 6.34. The first-order chi connectivity index (χ1) is 12.5. The van der Waals surface area contributed by atoms with E-state index in [0.717, 1.165) is 0 Å². The Kier molecular flexibility index (Phi) is 3.93. The van der Waals surface area contributed by atoms with Gasteiger partial charge < -0.3 is 9.73 Å². The third-order valence-corrected chi connectivity index (χ3v) is 4.32. The van der Waals surface area contributed by atoms with Gasteiger partial charge in [0.1, 0.15) is 11.4 Å². The van der Waals surface area contributed by atoms with Crippen molar-refractivity contribution >= 4 is 45.1 Å². The van der Waals surface area contributed by atoms with Crippen LogP contribution in [0.2, 0.25) is 5.02 Å². The molecule has 0 aliphatic carbocycles. The lowest BCUT2D eigenvalue weighted by atomic mass is 10.1. The lowest BCUT2D eigenvalue weighted by Crippen LogP contribution is -2.13. The maximum atomic E-state index is 13.7. The van der Waals surface area contributed by atoms with Crippen LogP contribution >= 0.6 is 11.6 Å². The first-order valence-corrected chi connectivity index (χ1v) is 8.13. The fourth-order valence-electron chi connectivity index (χ4n) is 2.76. The summed E-state index contributed by atoms with van der Waals surface area (Å²) in [4.78, 5) is 24.8. The molecule has 4 nitrogen and oxygen atoms in total. The van der Waals surface area contributed by atoms with Crippen molar-refractivity contribution in [1.82, 2.24) is 0 Å². The Morgan fingerprint density at radius 2 is 1.81 bits per heavy atom. The molecule has 1 heterocycles. The van der Waals surface area contributed by atoms with Crippen LogP contribution in [0.15, 0.2) is 69.9 Å². The van der Waals surface area contributed by atoms with Gasteiger partial charge in [-0.15, -0.1) is 0 Å². The molecule has 6 heteroatoms. The summed E-state index contributed by atoms with van der Waals surface area (Å²) in [5.74, 6) is -1.21. The smallest absolute Gasteiger partial charge is 0.258 e. The van der Waals surface area contributed by atoms with Crippen LogP contribution in [0, 0.1) is 5.82 Å². The summed E-state index contributed by atoms with van der Waals surface area (Å²) in [7, 11) is 0. The van der Waals surface area contributed by atoms with Crippen LogP contribution in [-0.4, -0.2) is 5.91 Å². The van der Waals surface area contributed by atoms with Gasteiger partial charge >= 0.3 is 0 Å². The molecule has 4 aromatic rings. The third-order valence-electron chi connectivity index (χ3n) is 4.03. The molecule has 0 bridgehead atoms. The van der Waals surface area contributed by atoms with Crippen LogP contribution in [0.4, 0.5) is 10.1 Å². The average molecular weight is 368 g/mol. The van der Waals surface area contributed by atoms with Gasteiger partial charge in [0.25, 0.3) is 5.91 Å². The van der Waals surface area contributed by atoms with Crippen molar-refractivity contribution in [3.05, 3.63) is 87.3 Å². The van der Waals surface area contributed by atoms with Gasteiger partial charge in [-0.25, -0.2) is 4.39 Å². The minimum Gasteiger partial charge on any atom is -0.454 e. The second-order valence-corrected chi connectivity index (χ2v) is 6.10. The standard InChI is InChI=1S/C20H11ClFNO3/c21-15-6-3-5-14-18(24)13-9-8-11(10-17(13)26-19(14)15)23-20(25)12-4-1-2-7-16(12)22/h1-10H,(H,23,25). The van der Waals surface area contributed by atoms with E-state index in [-0.39, 0.29) is 22.2 Å². The molecule has 0 radical (unpaired) electrons. The number of carbonyl (C=O) groups is 1. The predicted octanol–water partition coefficient (Wildman–Crippen LogP) is 4.99. The molecule has 128 valence electrons. The van der Waals surface area contributed by atoms with Crippen LogP contribution in [0.5, 0.6) is 0 Å². The quantitative estimate of drug-likeness (QED) is 0.508. The van der Waals surface area contributed by atoms with Gasteiger partial charge in [-0.3, -0.25) is 9.59 Å². The second kappa shape index (κ2) is 6.28. The molecule has 0 spiro atoms. The molecule has 0 aliphatic heterocycles. The van der Waals surface area contributed by atoms with Crippen LogP contribution in [0.1, 0.15) is 10.4 Å². The molecule has 0 fully saturated rings. The highest BCUT2D eigenvalue weighted by Crippen LogP contribution is 2.26. The number of rotatable bonds is 2. The maximum Gasteiger partial charge on any atom is 0.258 e. The summed E-state index contributed by atoms with van der Waals surface area (Å²) in [5.41, 5.74) is 0.651. The third kappa shape index (κ3) is 2.72. The highest BCUT2D eigenvalue weighted by atomic mass is 35.5. The largest absolute Gasteiger partial charge is 0.454 e. The molecular formula is C20H11ClFNO3. The van der Waals surface area contributed by atoms with Crippen LogP contribution in [0.25, 0.3) is 21.9 Å². The Balaban J connectivity index is 1.79. The monoisotopic (exact) mass is 367 g/mol. The van der Waals surface area contributed by atoms with E-state index in [4.69, 9.17) is 16.0 Å². The van der Waals surface area contributed by atoms with Gasteiger partial charge in [0.15, 0.2) is 5.58 Å². The normalized spacial score (nSPS) is 11.0. The van der Waals surface area contributed by atoms with E-state index in [0.29, 0.717) is 21.5 Å². The van der Waals surface area contributed by atoms with Gasteiger partial charge in [0.2, 0.25) is 5.43 Å². The van der Waals surface area contributed by atoms with E-state index in [2.05, 4.69) is 5.32 Å². The van der Waals surface area contributed by atoms with E-state index in [1.807, 2.05) is 0 Å².